The van der Waals surface area contributed by atoms with Gasteiger partial charge in [-0.2, -0.15) is 0 Å². The third kappa shape index (κ3) is 4.30. The highest BCUT2D eigenvalue weighted by atomic mass is 32.2. The number of benzene rings is 1. The summed E-state index contributed by atoms with van der Waals surface area (Å²) < 4.78 is 27.1. The van der Waals surface area contributed by atoms with Gasteiger partial charge in [0.2, 0.25) is 15.9 Å². The van der Waals surface area contributed by atoms with Crippen LogP contribution in [0, 0.1) is 5.92 Å². The van der Waals surface area contributed by atoms with Crippen LogP contribution >= 0.6 is 0 Å². The summed E-state index contributed by atoms with van der Waals surface area (Å²) in [6.45, 7) is 5.71. The van der Waals surface area contributed by atoms with Crippen LogP contribution in [0.2, 0.25) is 0 Å². The van der Waals surface area contributed by atoms with Gasteiger partial charge in [0.1, 0.15) is 0 Å². The smallest absolute Gasteiger partial charge is 0.240 e. The van der Waals surface area contributed by atoms with E-state index in [9.17, 15) is 13.2 Å². The van der Waals surface area contributed by atoms with Crippen molar-refractivity contribution in [2.24, 2.45) is 5.92 Å². The molecule has 1 aromatic carbocycles. The van der Waals surface area contributed by atoms with E-state index in [0.717, 1.165) is 24.9 Å². The molecule has 2 rings (SSSR count). The summed E-state index contributed by atoms with van der Waals surface area (Å²) >= 11 is 0. The van der Waals surface area contributed by atoms with E-state index in [4.69, 9.17) is 0 Å². The number of carbonyl (C=O) groups is 1. The van der Waals surface area contributed by atoms with Crippen LogP contribution in [0.4, 0.5) is 0 Å². The lowest BCUT2D eigenvalue weighted by Crippen LogP contribution is -2.36. The number of nitrogens with zero attached hydrogens (tertiary/aromatic N) is 1. The minimum Gasteiger partial charge on any atom is -0.342 e. The van der Waals surface area contributed by atoms with E-state index in [1.807, 2.05) is 30.9 Å². The van der Waals surface area contributed by atoms with Crippen molar-refractivity contribution in [2.75, 3.05) is 19.6 Å². The number of aryl methyl sites for hydroxylation is 1. The van der Waals surface area contributed by atoms with Crippen molar-refractivity contribution in [3.63, 3.8) is 0 Å². The lowest BCUT2D eigenvalue weighted by molar-refractivity contribution is -0.128. The summed E-state index contributed by atoms with van der Waals surface area (Å²) in [6, 6.07) is 6.94. The van der Waals surface area contributed by atoms with Crippen LogP contribution in [0.3, 0.4) is 0 Å². The van der Waals surface area contributed by atoms with Crippen LogP contribution in [-0.4, -0.2) is 38.9 Å². The molecule has 1 amide bonds. The molecule has 1 aliphatic heterocycles. The minimum absolute atomic E-state index is 0.0896. The van der Waals surface area contributed by atoms with Crippen molar-refractivity contribution in [2.45, 2.75) is 38.0 Å². The molecule has 1 heterocycles. The molecule has 0 aromatic heterocycles. The number of amides is 1. The molecule has 5 nitrogen and oxygen atoms in total. The van der Waals surface area contributed by atoms with Crippen LogP contribution in [0.25, 0.3) is 0 Å². The normalized spacial score (nSPS) is 17.0. The van der Waals surface area contributed by atoms with Crippen molar-refractivity contribution >= 4 is 15.9 Å². The molecule has 0 unspecified atom stereocenters. The molecule has 0 spiro atoms. The molecule has 22 heavy (non-hydrogen) atoms. The largest absolute Gasteiger partial charge is 0.342 e. The van der Waals surface area contributed by atoms with Gasteiger partial charge in [0.05, 0.1) is 4.90 Å². The van der Waals surface area contributed by atoms with Gasteiger partial charge in [0, 0.05) is 26.1 Å². The highest BCUT2D eigenvalue weighted by Crippen LogP contribution is 2.14. The Morgan fingerprint density at radius 1 is 1.27 bits per heavy atom. The standard InChI is InChI=1S/C16H24N2O3S/c1-3-14-6-8-15(9-7-14)22(20,21)17-11-13(2)12-18-10-4-5-16(18)19/h6-9,13,17H,3-5,10-12H2,1-2H3/t13-/m0/s1. The molecule has 1 N–H and O–H groups in total. The van der Waals surface area contributed by atoms with Crippen LogP contribution in [-0.2, 0) is 21.2 Å². The van der Waals surface area contributed by atoms with E-state index in [-0.39, 0.29) is 16.7 Å². The highest BCUT2D eigenvalue weighted by Gasteiger charge is 2.22. The maximum Gasteiger partial charge on any atom is 0.240 e. The average Bonchev–Trinajstić information content (AvgIpc) is 2.90. The molecule has 0 bridgehead atoms. The Kier molecular flexibility index (Phi) is 5.58. The van der Waals surface area contributed by atoms with E-state index in [0.29, 0.717) is 19.5 Å². The molecule has 1 aliphatic rings. The molecular formula is C16H24N2O3S. The number of likely N-dealkylation sites (tertiary alicyclic amines) is 1. The molecule has 1 aromatic rings. The number of hydrogen-bond acceptors (Lipinski definition) is 3. The van der Waals surface area contributed by atoms with Gasteiger partial charge >= 0.3 is 0 Å². The van der Waals surface area contributed by atoms with Gasteiger partial charge in [-0.1, -0.05) is 26.0 Å². The first-order chi connectivity index (χ1) is 10.4. The van der Waals surface area contributed by atoms with E-state index >= 15 is 0 Å². The van der Waals surface area contributed by atoms with Crippen molar-refractivity contribution in [3.8, 4) is 0 Å². The second kappa shape index (κ2) is 7.24. The van der Waals surface area contributed by atoms with Gasteiger partial charge < -0.3 is 4.90 Å². The third-order valence-corrected chi connectivity index (χ3v) is 5.41. The molecule has 0 saturated carbocycles. The summed E-state index contributed by atoms with van der Waals surface area (Å²) in [5.41, 5.74) is 1.11. The van der Waals surface area contributed by atoms with Gasteiger partial charge in [0.15, 0.2) is 0 Å². The predicted octanol–water partition coefficient (Wildman–Crippen LogP) is 1.79. The topological polar surface area (TPSA) is 66.5 Å². The molecule has 6 heteroatoms. The van der Waals surface area contributed by atoms with Crippen LogP contribution in [0.15, 0.2) is 29.2 Å². The zero-order valence-electron chi connectivity index (χ0n) is 13.2. The molecule has 0 radical (unpaired) electrons. The van der Waals surface area contributed by atoms with Gasteiger partial charge in [-0.05, 0) is 36.5 Å². The first-order valence-corrected chi connectivity index (χ1v) is 9.27. The third-order valence-electron chi connectivity index (χ3n) is 3.97. The Balaban J connectivity index is 1.89. The van der Waals surface area contributed by atoms with Crippen molar-refractivity contribution in [1.29, 1.82) is 0 Å². The predicted molar refractivity (Wildman–Crippen MR) is 86.0 cm³/mol. The summed E-state index contributed by atoms with van der Waals surface area (Å²) in [4.78, 5) is 13.7. The maximum absolute atomic E-state index is 12.2. The number of carbonyl (C=O) groups excluding carboxylic acids is 1. The quantitative estimate of drug-likeness (QED) is 0.831. The maximum atomic E-state index is 12.2. The Morgan fingerprint density at radius 2 is 1.95 bits per heavy atom. The Morgan fingerprint density at radius 3 is 2.50 bits per heavy atom. The molecule has 1 fully saturated rings. The second-order valence-electron chi connectivity index (χ2n) is 5.90. The van der Waals surface area contributed by atoms with Crippen molar-refractivity contribution < 1.29 is 13.2 Å². The number of sulfonamides is 1. The van der Waals surface area contributed by atoms with Crippen LogP contribution in [0.5, 0.6) is 0 Å². The van der Waals surface area contributed by atoms with E-state index in [1.165, 1.54) is 0 Å². The molecule has 0 aliphatic carbocycles. The molecular weight excluding hydrogens is 300 g/mol. The van der Waals surface area contributed by atoms with Crippen LogP contribution in [0.1, 0.15) is 32.3 Å². The van der Waals surface area contributed by atoms with Gasteiger partial charge in [0.25, 0.3) is 0 Å². The van der Waals surface area contributed by atoms with Gasteiger partial charge in [-0.25, -0.2) is 13.1 Å². The first kappa shape index (κ1) is 17.0. The molecule has 122 valence electrons. The Labute approximate surface area is 132 Å². The van der Waals surface area contributed by atoms with E-state index in [1.54, 1.807) is 12.1 Å². The summed E-state index contributed by atoms with van der Waals surface area (Å²) in [7, 11) is -3.48. The van der Waals surface area contributed by atoms with Crippen LogP contribution < -0.4 is 4.72 Å². The first-order valence-electron chi connectivity index (χ1n) is 7.78. The Hall–Kier alpha value is -1.40. The SMILES string of the molecule is CCc1ccc(S(=O)(=O)NC[C@H](C)CN2CCCC2=O)cc1. The van der Waals surface area contributed by atoms with Crippen molar-refractivity contribution in [1.82, 2.24) is 9.62 Å². The van der Waals surface area contributed by atoms with Crippen molar-refractivity contribution in [3.05, 3.63) is 29.8 Å². The fourth-order valence-electron chi connectivity index (χ4n) is 2.58. The average molecular weight is 324 g/mol. The van der Waals surface area contributed by atoms with Gasteiger partial charge in [-0.3, -0.25) is 4.79 Å². The Bertz CT molecular complexity index is 611. The van der Waals surface area contributed by atoms with E-state index in [2.05, 4.69) is 4.72 Å². The monoisotopic (exact) mass is 324 g/mol. The number of nitrogens with one attached hydrogen (secondary N) is 1. The highest BCUT2D eigenvalue weighted by molar-refractivity contribution is 7.89. The summed E-state index contributed by atoms with van der Waals surface area (Å²) in [5.74, 6) is 0.261. The fraction of sp³-hybridized carbons (Fsp3) is 0.562. The fourth-order valence-corrected chi connectivity index (χ4v) is 3.74. The number of hydrogen-bond donors (Lipinski definition) is 1. The van der Waals surface area contributed by atoms with Gasteiger partial charge in [-0.15, -0.1) is 0 Å². The molecule has 1 atom stereocenters. The zero-order chi connectivity index (χ0) is 16.2. The summed E-state index contributed by atoms with van der Waals surface area (Å²) in [6.07, 6.45) is 2.40. The van der Waals surface area contributed by atoms with E-state index < -0.39 is 10.0 Å². The lowest BCUT2D eigenvalue weighted by Gasteiger charge is -2.21. The number of rotatable bonds is 7. The second-order valence-corrected chi connectivity index (χ2v) is 7.66. The summed E-state index contributed by atoms with van der Waals surface area (Å²) in [5, 5.41) is 0. The molecule has 1 saturated heterocycles. The zero-order valence-corrected chi connectivity index (χ0v) is 14.0. The minimum atomic E-state index is -3.48. The lowest BCUT2D eigenvalue weighted by atomic mass is 10.2.